The van der Waals surface area contributed by atoms with Crippen LogP contribution in [0, 0.1) is 6.92 Å². The lowest BCUT2D eigenvalue weighted by molar-refractivity contribution is -0.120. The van der Waals surface area contributed by atoms with Crippen molar-refractivity contribution in [1.29, 1.82) is 0 Å². The second-order valence-electron chi connectivity index (χ2n) is 7.87. The minimum Gasteiger partial charge on any atom is -0.493 e. The standard InChI is InChI=1S/C27H27N3O3/c1-19-8-10-20(11-9-19)17-30-18-22(23-6-4-5-7-24(23)30)16-28-29-27(31)15-21-12-13-25(32-2)26(14-21)33-3/h4-14,16,18H,15,17H2,1-3H3,(H,29,31). The average molecular weight is 442 g/mol. The van der Waals surface area contributed by atoms with Crippen molar-refractivity contribution in [2.75, 3.05) is 14.2 Å². The molecule has 3 aromatic carbocycles. The molecule has 33 heavy (non-hydrogen) atoms. The summed E-state index contributed by atoms with van der Waals surface area (Å²) in [7, 11) is 3.15. The zero-order valence-electron chi connectivity index (χ0n) is 19.0. The smallest absolute Gasteiger partial charge is 0.244 e. The number of aromatic nitrogens is 1. The van der Waals surface area contributed by atoms with Gasteiger partial charge in [0.05, 0.1) is 26.9 Å². The Morgan fingerprint density at radius 2 is 1.70 bits per heavy atom. The second-order valence-corrected chi connectivity index (χ2v) is 7.87. The van der Waals surface area contributed by atoms with Crippen LogP contribution in [-0.2, 0) is 17.8 Å². The third-order valence-corrected chi connectivity index (χ3v) is 5.50. The van der Waals surface area contributed by atoms with Gasteiger partial charge in [0, 0.05) is 29.2 Å². The quantitative estimate of drug-likeness (QED) is 0.318. The number of hydrogen-bond acceptors (Lipinski definition) is 4. The van der Waals surface area contributed by atoms with Gasteiger partial charge in [-0.2, -0.15) is 5.10 Å². The third kappa shape index (κ3) is 5.23. The summed E-state index contributed by atoms with van der Waals surface area (Å²) in [5.41, 5.74) is 7.98. The molecule has 0 aliphatic carbocycles. The number of nitrogens with zero attached hydrogens (tertiary/aromatic N) is 2. The molecule has 0 spiro atoms. The molecule has 0 bridgehead atoms. The van der Waals surface area contributed by atoms with E-state index in [1.807, 2.05) is 18.2 Å². The highest BCUT2D eigenvalue weighted by atomic mass is 16.5. The van der Waals surface area contributed by atoms with Gasteiger partial charge < -0.3 is 14.0 Å². The Kier molecular flexibility index (Phi) is 6.74. The first-order valence-electron chi connectivity index (χ1n) is 10.7. The summed E-state index contributed by atoms with van der Waals surface area (Å²) in [5.74, 6) is 1.01. The van der Waals surface area contributed by atoms with E-state index in [4.69, 9.17) is 9.47 Å². The number of ether oxygens (including phenoxy) is 2. The lowest BCUT2D eigenvalue weighted by Gasteiger charge is -2.09. The molecule has 0 aliphatic heterocycles. The van der Waals surface area contributed by atoms with E-state index in [1.54, 1.807) is 32.6 Å². The summed E-state index contributed by atoms with van der Waals surface area (Å²) in [6.45, 7) is 2.85. The molecule has 1 aromatic heterocycles. The van der Waals surface area contributed by atoms with E-state index in [0.717, 1.165) is 28.6 Å². The zero-order valence-corrected chi connectivity index (χ0v) is 19.0. The van der Waals surface area contributed by atoms with E-state index in [-0.39, 0.29) is 12.3 Å². The van der Waals surface area contributed by atoms with E-state index in [9.17, 15) is 4.79 Å². The van der Waals surface area contributed by atoms with Crippen LogP contribution in [0.5, 0.6) is 11.5 Å². The normalized spacial score (nSPS) is 11.1. The fourth-order valence-electron chi connectivity index (χ4n) is 3.79. The van der Waals surface area contributed by atoms with Crippen LogP contribution in [0.2, 0.25) is 0 Å². The van der Waals surface area contributed by atoms with Crippen LogP contribution < -0.4 is 14.9 Å². The van der Waals surface area contributed by atoms with Crippen molar-refractivity contribution in [2.45, 2.75) is 19.9 Å². The number of hydrogen-bond donors (Lipinski definition) is 1. The van der Waals surface area contributed by atoms with Crippen LogP contribution in [0.3, 0.4) is 0 Å². The van der Waals surface area contributed by atoms with Crippen LogP contribution in [0.4, 0.5) is 0 Å². The Balaban J connectivity index is 1.47. The van der Waals surface area contributed by atoms with Gasteiger partial charge in [0.2, 0.25) is 5.91 Å². The molecule has 6 nitrogen and oxygen atoms in total. The maximum Gasteiger partial charge on any atom is 0.244 e. The summed E-state index contributed by atoms with van der Waals surface area (Å²) in [6.07, 6.45) is 3.95. The van der Waals surface area contributed by atoms with Crippen LogP contribution in [0.15, 0.2) is 78.0 Å². The average Bonchev–Trinajstić information content (AvgIpc) is 3.18. The highest BCUT2D eigenvalue weighted by Gasteiger charge is 2.09. The second kappa shape index (κ2) is 10.0. The maximum absolute atomic E-state index is 12.4. The summed E-state index contributed by atoms with van der Waals surface area (Å²) in [5, 5.41) is 5.29. The number of nitrogens with one attached hydrogen (secondary N) is 1. The SMILES string of the molecule is COc1ccc(CC(=O)NN=Cc2cn(Cc3ccc(C)cc3)c3ccccc23)cc1OC. The summed E-state index contributed by atoms with van der Waals surface area (Å²) < 4.78 is 12.7. The Hall–Kier alpha value is -4.06. The van der Waals surface area contributed by atoms with E-state index >= 15 is 0 Å². The topological polar surface area (TPSA) is 64.8 Å². The number of para-hydroxylation sites is 1. The fourth-order valence-corrected chi connectivity index (χ4v) is 3.79. The van der Waals surface area contributed by atoms with Gasteiger partial charge in [-0.15, -0.1) is 0 Å². The molecule has 0 saturated carbocycles. The van der Waals surface area contributed by atoms with Gasteiger partial charge in [-0.3, -0.25) is 4.79 Å². The number of carbonyl (C=O) groups is 1. The van der Waals surface area contributed by atoms with Crippen molar-refractivity contribution in [1.82, 2.24) is 9.99 Å². The number of hydrazone groups is 1. The minimum absolute atomic E-state index is 0.187. The van der Waals surface area contributed by atoms with Crippen molar-refractivity contribution in [3.63, 3.8) is 0 Å². The first-order chi connectivity index (χ1) is 16.1. The summed E-state index contributed by atoms with van der Waals surface area (Å²) in [4.78, 5) is 12.4. The molecular formula is C27H27N3O3. The van der Waals surface area contributed by atoms with Crippen molar-refractivity contribution >= 4 is 23.0 Å². The van der Waals surface area contributed by atoms with Gasteiger partial charge >= 0.3 is 0 Å². The van der Waals surface area contributed by atoms with Gasteiger partial charge in [0.15, 0.2) is 11.5 Å². The Bertz CT molecular complexity index is 1290. The summed E-state index contributed by atoms with van der Waals surface area (Å²) in [6, 6.07) is 22.1. The molecule has 6 heteroatoms. The predicted octanol–water partition coefficient (Wildman–Crippen LogP) is 4.71. The number of rotatable bonds is 8. The van der Waals surface area contributed by atoms with Gasteiger partial charge in [-0.1, -0.05) is 54.1 Å². The number of fused-ring (bicyclic) bond motifs is 1. The highest BCUT2D eigenvalue weighted by Crippen LogP contribution is 2.27. The molecule has 1 amide bonds. The van der Waals surface area contributed by atoms with Crippen LogP contribution >= 0.6 is 0 Å². The van der Waals surface area contributed by atoms with Crippen molar-refractivity contribution < 1.29 is 14.3 Å². The fraction of sp³-hybridized carbons (Fsp3) is 0.185. The monoisotopic (exact) mass is 441 g/mol. The van der Waals surface area contributed by atoms with Gasteiger partial charge in [-0.05, 0) is 36.2 Å². The molecule has 0 atom stereocenters. The molecule has 1 heterocycles. The molecule has 4 aromatic rings. The molecule has 0 radical (unpaired) electrons. The Labute approximate surface area is 193 Å². The maximum atomic E-state index is 12.4. The van der Waals surface area contributed by atoms with E-state index in [1.165, 1.54) is 11.1 Å². The molecule has 1 N–H and O–H groups in total. The molecule has 0 fully saturated rings. The number of carbonyl (C=O) groups excluding carboxylic acids is 1. The van der Waals surface area contributed by atoms with E-state index in [2.05, 4.69) is 64.6 Å². The van der Waals surface area contributed by atoms with Crippen LogP contribution in [0.25, 0.3) is 10.9 Å². The number of aryl methyl sites for hydroxylation is 1. The third-order valence-electron chi connectivity index (χ3n) is 5.50. The largest absolute Gasteiger partial charge is 0.493 e. The number of benzene rings is 3. The van der Waals surface area contributed by atoms with Crippen molar-refractivity contribution in [2.24, 2.45) is 5.10 Å². The first-order valence-corrected chi connectivity index (χ1v) is 10.7. The van der Waals surface area contributed by atoms with Crippen molar-refractivity contribution in [3.8, 4) is 11.5 Å². The Morgan fingerprint density at radius 1 is 0.970 bits per heavy atom. The van der Waals surface area contributed by atoms with Crippen molar-refractivity contribution in [3.05, 3.63) is 95.2 Å². The van der Waals surface area contributed by atoms with Gasteiger partial charge in [-0.25, -0.2) is 5.43 Å². The van der Waals surface area contributed by atoms with E-state index in [0.29, 0.717) is 11.5 Å². The molecule has 0 aliphatic rings. The molecule has 0 unspecified atom stereocenters. The number of methoxy groups -OCH3 is 2. The molecule has 0 saturated heterocycles. The minimum atomic E-state index is -0.207. The van der Waals surface area contributed by atoms with E-state index < -0.39 is 0 Å². The lowest BCUT2D eigenvalue weighted by Crippen LogP contribution is -2.19. The molecular weight excluding hydrogens is 414 g/mol. The predicted molar refractivity (Wildman–Crippen MR) is 131 cm³/mol. The number of amides is 1. The highest BCUT2D eigenvalue weighted by molar-refractivity contribution is 5.99. The van der Waals surface area contributed by atoms with Gasteiger partial charge in [0.1, 0.15) is 0 Å². The molecule has 168 valence electrons. The zero-order chi connectivity index (χ0) is 23.2. The van der Waals surface area contributed by atoms with Crippen LogP contribution in [-0.4, -0.2) is 30.9 Å². The summed E-state index contributed by atoms with van der Waals surface area (Å²) >= 11 is 0. The molecule has 4 rings (SSSR count). The van der Waals surface area contributed by atoms with Gasteiger partial charge in [0.25, 0.3) is 0 Å². The van der Waals surface area contributed by atoms with Crippen LogP contribution in [0.1, 0.15) is 22.3 Å². The lowest BCUT2D eigenvalue weighted by atomic mass is 10.1. The Morgan fingerprint density at radius 3 is 2.45 bits per heavy atom. The first kappa shape index (κ1) is 22.1.